The average molecular weight is 344 g/mol. The van der Waals surface area contributed by atoms with Crippen LogP contribution in [0.1, 0.15) is 32.2 Å². The first kappa shape index (κ1) is 18.8. The van der Waals surface area contributed by atoms with Crippen molar-refractivity contribution in [1.29, 1.82) is 0 Å². The maximum absolute atomic E-state index is 5.66. The van der Waals surface area contributed by atoms with E-state index in [2.05, 4.69) is 37.8 Å². The molecule has 0 aliphatic heterocycles. The fraction of sp³-hybridized carbons (Fsp3) is 0.500. The molecule has 0 radical (unpaired) electrons. The van der Waals surface area contributed by atoms with Crippen LogP contribution < -0.4 is 15.4 Å². The number of hydrogen-bond donors (Lipinski definition) is 2. The third kappa shape index (κ3) is 6.45. The lowest BCUT2D eigenvalue weighted by Crippen LogP contribution is -2.38. The van der Waals surface area contributed by atoms with E-state index < -0.39 is 0 Å². The normalized spacial score (nSPS) is 11.6. The summed E-state index contributed by atoms with van der Waals surface area (Å²) >= 11 is 0. The van der Waals surface area contributed by atoms with Crippen molar-refractivity contribution in [3.8, 4) is 5.75 Å². The molecule has 1 aromatic carbocycles. The minimum Gasteiger partial charge on any atom is -0.491 e. The first-order valence-corrected chi connectivity index (χ1v) is 8.69. The van der Waals surface area contributed by atoms with E-state index in [0.29, 0.717) is 6.54 Å². The standard InChI is InChI=1S/C18H28N6O/c1-5-19-18(21-12-17-22-13-23-24(17)4)20-11-10-15-6-8-16(9-7-15)25-14(2)3/h6-9,13-14H,5,10-12H2,1-4H3,(H2,19,20,21). The molecule has 2 N–H and O–H groups in total. The number of aliphatic imine (C=N–C) groups is 1. The van der Waals surface area contributed by atoms with Crippen LogP contribution >= 0.6 is 0 Å². The van der Waals surface area contributed by atoms with Gasteiger partial charge in [0.05, 0.1) is 6.10 Å². The fourth-order valence-corrected chi connectivity index (χ4v) is 2.29. The highest BCUT2D eigenvalue weighted by atomic mass is 16.5. The lowest BCUT2D eigenvalue weighted by Gasteiger charge is -2.12. The third-order valence-electron chi connectivity index (χ3n) is 3.53. The summed E-state index contributed by atoms with van der Waals surface area (Å²) in [5, 5.41) is 10.6. The molecule has 0 spiro atoms. The average Bonchev–Trinajstić information content (AvgIpc) is 2.99. The van der Waals surface area contributed by atoms with Gasteiger partial charge in [-0.2, -0.15) is 5.10 Å². The van der Waals surface area contributed by atoms with E-state index in [-0.39, 0.29) is 6.10 Å². The van der Waals surface area contributed by atoms with Crippen LogP contribution in [0.2, 0.25) is 0 Å². The molecular formula is C18H28N6O. The molecule has 0 atom stereocenters. The van der Waals surface area contributed by atoms with Crippen LogP contribution in [0.4, 0.5) is 0 Å². The second-order valence-electron chi connectivity index (χ2n) is 5.98. The zero-order valence-corrected chi connectivity index (χ0v) is 15.5. The Hall–Kier alpha value is -2.57. The van der Waals surface area contributed by atoms with E-state index >= 15 is 0 Å². The molecule has 0 aliphatic carbocycles. The molecule has 0 fully saturated rings. The summed E-state index contributed by atoms with van der Waals surface area (Å²) in [5.74, 6) is 2.52. The van der Waals surface area contributed by atoms with E-state index in [9.17, 15) is 0 Å². The Morgan fingerprint density at radius 3 is 2.60 bits per heavy atom. The summed E-state index contributed by atoms with van der Waals surface area (Å²) in [4.78, 5) is 8.73. The Morgan fingerprint density at radius 1 is 1.24 bits per heavy atom. The van der Waals surface area contributed by atoms with Crippen LogP contribution in [0.15, 0.2) is 35.6 Å². The molecule has 0 saturated heterocycles. The minimum atomic E-state index is 0.195. The van der Waals surface area contributed by atoms with Crippen LogP contribution in [0, 0.1) is 0 Å². The van der Waals surface area contributed by atoms with Gasteiger partial charge in [-0.1, -0.05) is 12.1 Å². The highest BCUT2D eigenvalue weighted by Crippen LogP contribution is 2.13. The quantitative estimate of drug-likeness (QED) is 0.565. The SMILES string of the molecule is CCNC(=NCc1ncnn1C)NCCc1ccc(OC(C)C)cc1. The summed E-state index contributed by atoms with van der Waals surface area (Å²) in [5.41, 5.74) is 1.26. The second-order valence-corrected chi connectivity index (χ2v) is 5.98. The van der Waals surface area contributed by atoms with Crippen molar-refractivity contribution in [3.63, 3.8) is 0 Å². The molecule has 0 saturated carbocycles. The molecule has 2 rings (SSSR count). The van der Waals surface area contributed by atoms with E-state index in [0.717, 1.165) is 37.0 Å². The van der Waals surface area contributed by atoms with Gasteiger partial charge in [-0.25, -0.2) is 9.98 Å². The summed E-state index contributed by atoms with van der Waals surface area (Å²) in [7, 11) is 1.87. The van der Waals surface area contributed by atoms with Crippen LogP contribution in [-0.2, 0) is 20.0 Å². The molecule has 1 aromatic heterocycles. The highest BCUT2D eigenvalue weighted by Gasteiger charge is 2.02. The van der Waals surface area contributed by atoms with Crippen molar-refractivity contribution < 1.29 is 4.74 Å². The molecule has 7 heteroatoms. The van der Waals surface area contributed by atoms with Crippen LogP contribution in [0.5, 0.6) is 5.75 Å². The third-order valence-corrected chi connectivity index (χ3v) is 3.53. The predicted molar refractivity (Wildman–Crippen MR) is 99.7 cm³/mol. The largest absolute Gasteiger partial charge is 0.491 e. The molecule has 0 unspecified atom stereocenters. The molecule has 1 heterocycles. The van der Waals surface area contributed by atoms with Gasteiger partial charge in [0.2, 0.25) is 0 Å². The Kier molecular flexibility index (Phi) is 7.25. The van der Waals surface area contributed by atoms with E-state index in [1.165, 1.54) is 11.9 Å². The van der Waals surface area contributed by atoms with Crippen molar-refractivity contribution in [2.45, 2.75) is 39.8 Å². The van der Waals surface area contributed by atoms with Gasteiger partial charge in [0, 0.05) is 20.1 Å². The van der Waals surface area contributed by atoms with Crippen molar-refractivity contribution in [2.24, 2.45) is 12.0 Å². The van der Waals surface area contributed by atoms with Gasteiger partial charge in [-0.3, -0.25) is 4.68 Å². The number of aromatic nitrogens is 3. The van der Waals surface area contributed by atoms with Crippen LogP contribution in [0.25, 0.3) is 0 Å². The molecule has 136 valence electrons. The maximum Gasteiger partial charge on any atom is 0.191 e. The number of ether oxygens (including phenoxy) is 1. The van der Waals surface area contributed by atoms with Crippen molar-refractivity contribution in [2.75, 3.05) is 13.1 Å². The van der Waals surface area contributed by atoms with Gasteiger partial charge in [-0.05, 0) is 44.9 Å². The summed E-state index contributed by atoms with van der Waals surface area (Å²) in [6.07, 6.45) is 2.65. The summed E-state index contributed by atoms with van der Waals surface area (Å²) in [6.45, 7) is 8.21. The molecular weight excluding hydrogens is 316 g/mol. The van der Waals surface area contributed by atoms with Gasteiger partial charge in [-0.15, -0.1) is 0 Å². The lowest BCUT2D eigenvalue weighted by atomic mass is 10.1. The Morgan fingerprint density at radius 2 is 2.00 bits per heavy atom. The topological polar surface area (TPSA) is 76.4 Å². The smallest absolute Gasteiger partial charge is 0.191 e. The molecule has 0 aliphatic rings. The summed E-state index contributed by atoms with van der Waals surface area (Å²) < 4.78 is 7.39. The van der Waals surface area contributed by atoms with Crippen molar-refractivity contribution >= 4 is 5.96 Å². The zero-order valence-electron chi connectivity index (χ0n) is 15.5. The summed E-state index contributed by atoms with van der Waals surface area (Å²) in [6, 6.07) is 8.23. The molecule has 0 amide bonds. The van der Waals surface area contributed by atoms with Gasteiger partial charge in [0.1, 0.15) is 24.4 Å². The fourth-order valence-electron chi connectivity index (χ4n) is 2.29. The Bertz CT molecular complexity index is 662. The monoisotopic (exact) mass is 344 g/mol. The van der Waals surface area contributed by atoms with Crippen LogP contribution in [0.3, 0.4) is 0 Å². The Labute approximate surface area is 149 Å². The zero-order chi connectivity index (χ0) is 18.1. The van der Waals surface area contributed by atoms with Crippen molar-refractivity contribution in [3.05, 3.63) is 42.0 Å². The van der Waals surface area contributed by atoms with Gasteiger partial charge < -0.3 is 15.4 Å². The molecule has 0 bridgehead atoms. The van der Waals surface area contributed by atoms with Gasteiger partial charge >= 0.3 is 0 Å². The molecule has 25 heavy (non-hydrogen) atoms. The van der Waals surface area contributed by atoms with E-state index in [4.69, 9.17) is 4.74 Å². The Balaban J connectivity index is 1.83. The van der Waals surface area contributed by atoms with Gasteiger partial charge in [0.25, 0.3) is 0 Å². The van der Waals surface area contributed by atoms with E-state index in [1.807, 2.05) is 40.0 Å². The minimum absolute atomic E-state index is 0.195. The van der Waals surface area contributed by atoms with Gasteiger partial charge in [0.15, 0.2) is 5.96 Å². The first-order valence-electron chi connectivity index (χ1n) is 8.69. The van der Waals surface area contributed by atoms with Crippen LogP contribution in [-0.4, -0.2) is 39.9 Å². The number of nitrogens with one attached hydrogen (secondary N) is 2. The second kappa shape index (κ2) is 9.66. The number of guanidine groups is 1. The highest BCUT2D eigenvalue weighted by molar-refractivity contribution is 5.79. The number of aryl methyl sites for hydroxylation is 1. The first-order chi connectivity index (χ1) is 12.1. The molecule has 7 nitrogen and oxygen atoms in total. The number of nitrogens with zero attached hydrogens (tertiary/aromatic N) is 4. The lowest BCUT2D eigenvalue weighted by molar-refractivity contribution is 0.242. The van der Waals surface area contributed by atoms with E-state index in [1.54, 1.807) is 4.68 Å². The van der Waals surface area contributed by atoms with Crippen molar-refractivity contribution in [1.82, 2.24) is 25.4 Å². The maximum atomic E-state index is 5.66. The molecule has 2 aromatic rings. The number of rotatable bonds is 8. The number of hydrogen-bond acceptors (Lipinski definition) is 4. The predicted octanol–water partition coefficient (Wildman–Crippen LogP) is 1.90. The number of benzene rings is 1.